The van der Waals surface area contributed by atoms with Gasteiger partial charge in [0.15, 0.2) is 5.89 Å². The normalized spacial score (nSPS) is 10.6. The Bertz CT molecular complexity index is 468. The lowest BCUT2D eigenvalue weighted by Gasteiger charge is -2.00. The minimum atomic E-state index is 0.628. The van der Waals surface area contributed by atoms with E-state index < -0.39 is 0 Å². The summed E-state index contributed by atoms with van der Waals surface area (Å²) in [4.78, 5) is 4.21. The Morgan fingerprint density at radius 2 is 2.19 bits per heavy atom. The van der Waals surface area contributed by atoms with Crippen molar-refractivity contribution in [3.8, 4) is 0 Å². The summed E-state index contributed by atoms with van der Waals surface area (Å²) < 4.78 is 5.55. The Labute approximate surface area is 99.5 Å². The molecule has 16 heavy (non-hydrogen) atoms. The van der Waals surface area contributed by atoms with E-state index in [1.165, 1.54) is 0 Å². The van der Waals surface area contributed by atoms with Gasteiger partial charge in [0, 0.05) is 5.02 Å². The molecule has 2 aromatic rings. The average molecular weight is 237 g/mol. The Hall–Kier alpha value is -1.32. The molecule has 1 heterocycles. The second-order valence-corrected chi connectivity index (χ2v) is 3.93. The van der Waals surface area contributed by atoms with Gasteiger partial charge in [-0.15, -0.1) is 0 Å². The maximum Gasteiger partial charge on any atom is 0.198 e. The maximum absolute atomic E-state index is 6.06. The van der Waals surface area contributed by atoms with E-state index in [1.807, 2.05) is 31.3 Å². The molecular formula is C12H13ClN2O. The molecule has 1 N–H and O–H groups in total. The van der Waals surface area contributed by atoms with Crippen LogP contribution in [0.15, 0.2) is 34.9 Å². The SMILES string of the molecule is CNCc1cnc(Cc2ccccc2Cl)o1. The van der Waals surface area contributed by atoms with Crippen molar-refractivity contribution in [1.82, 2.24) is 10.3 Å². The van der Waals surface area contributed by atoms with Gasteiger partial charge in [0.25, 0.3) is 0 Å². The van der Waals surface area contributed by atoms with Gasteiger partial charge in [0.2, 0.25) is 0 Å². The van der Waals surface area contributed by atoms with Crippen LogP contribution in [0.4, 0.5) is 0 Å². The zero-order valence-electron chi connectivity index (χ0n) is 9.03. The molecular weight excluding hydrogens is 224 g/mol. The van der Waals surface area contributed by atoms with Crippen molar-refractivity contribution >= 4 is 11.6 Å². The summed E-state index contributed by atoms with van der Waals surface area (Å²) in [5.41, 5.74) is 1.03. The second-order valence-electron chi connectivity index (χ2n) is 3.52. The van der Waals surface area contributed by atoms with Gasteiger partial charge in [-0.25, -0.2) is 4.98 Å². The fraction of sp³-hybridized carbons (Fsp3) is 0.250. The van der Waals surface area contributed by atoms with Gasteiger partial charge >= 0.3 is 0 Å². The molecule has 4 heteroatoms. The van der Waals surface area contributed by atoms with Gasteiger partial charge in [-0.05, 0) is 18.7 Å². The van der Waals surface area contributed by atoms with Crippen molar-refractivity contribution in [2.24, 2.45) is 0 Å². The van der Waals surface area contributed by atoms with Crippen LogP contribution in [0.5, 0.6) is 0 Å². The highest BCUT2D eigenvalue weighted by Gasteiger charge is 2.06. The first-order chi connectivity index (χ1) is 7.79. The molecule has 0 saturated heterocycles. The third kappa shape index (κ3) is 2.62. The Kier molecular flexibility index (Phi) is 3.59. The standard InChI is InChI=1S/C12H13ClN2O/c1-14-7-10-8-15-12(16-10)6-9-4-2-3-5-11(9)13/h2-5,8,14H,6-7H2,1H3. The summed E-state index contributed by atoms with van der Waals surface area (Å²) in [5, 5.41) is 3.76. The molecule has 0 saturated carbocycles. The van der Waals surface area contributed by atoms with Crippen LogP contribution in [-0.4, -0.2) is 12.0 Å². The second kappa shape index (κ2) is 5.14. The van der Waals surface area contributed by atoms with Crippen LogP contribution in [0, 0.1) is 0 Å². The number of halogens is 1. The van der Waals surface area contributed by atoms with Crippen LogP contribution in [0.25, 0.3) is 0 Å². The lowest BCUT2D eigenvalue weighted by Crippen LogP contribution is -2.03. The number of benzene rings is 1. The molecule has 0 bridgehead atoms. The molecule has 0 fully saturated rings. The van der Waals surface area contributed by atoms with Gasteiger partial charge < -0.3 is 9.73 Å². The number of hydrogen-bond donors (Lipinski definition) is 1. The van der Waals surface area contributed by atoms with Crippen LogP contribution >= 0.6 is 11.6 Å². The van der Waals surface area contributed by atoms with E-state index in [1.54, 1.807) is 6.20 Å². The van der Waals surface area contributed by atoms with Crippen molar-refractivity contribution in [2.75, 3.05) is 7.05 Å². The molecule has 0 unspecified atom stereocenters. The Balaban J connectivity index is 2.11. The highest BCUT2D eigenvalue weighted by molar-refractivity contribution is 6.31. The Morgan fingerprint density at radius 3 is 2.94 bits per heavy atom. The van der Waals surface area contributed by atoms with Crippen molar-refractivity contribution < 1.29 is 4.42 Å². The van der Waals surface area contributed by atoms with Crippen LogP contribution in [-0.2, 0) is 13.0 Å². The predicted octanol–water partition coefficient (Wildman–Crippen LogP) is 2.64. The molecule has 0 spiro atoms. The molecule has 2 rings (SSSR count). The number of hydrogen-bond acceptors (Lipinski definition) is 3. The van der Waals surface area contributed by atoms with Crippen LogP contribution < -0.4 is 5.32 Å². The molecule has 0 aliphatic carbocycles. The highest BCUT2D eigenvalue weighted by Crippen LogP contribution is 2.18. The third-order valence-electron chi connectivity index (χ3n) is 2.25. The number of nitrogens with one attached hydrogen (secondary N) is 1. The van der Waals surface area contributed by atoms with Crippen LogP contribution in [0.3, 0.4) is 0 Å². The van der Waals surface area contributed by atoms with Crippen molar-refractivity contribution in [3.05, 3.63) is 52.7 Å². The van der Waals surface area contributed by atoms with Crippen molar-refractivity contribution in [1.29, 1.82) is 0 Å². The van der Waals surface area contributed by atoms with E-state index in [9.17, 15) is 0 Å². The topological polar surface area (TPSA) is 38.1 Å². The fourth-order valence-corrected chi connectivity index (χ4v) is 1.69. The van der Waals surface area contributed by atoms with Crippen molar-refractivity contribution in [2.45, 2.75) is 13.0 Å². The molecule has 0 amide bonds. The summed E-state index contributed by atoms with van der Waals surface area (Å²) in [7, 11) is 1.87. The van der Waals surface area contributed by atoms with Crippen molar-refractivity contribution in [3.63, 3.8) is 0 Å². The van der Waals surface area contributed by atoms with Crippen LogP contribution in [0.2, 0.25) is 5.02 Å². The van der Waals surface area contributed by atoms with E-state index in [-0.39, 0.29) is 0 Å². The highest BCUT2D eigenvalue weighted by atomic mass is 35.5. The van der Waals surface area contributed by atoms with E-state index in [0.717, 1.165) is 16.3 Å². The number of oxazole rings is 1. The number of rotatable bonds is 4. The predicted molar refractivity (Wildman–Crippen MR) is 63.5 cm³/mol. The lowest BCUT2D eigenvalue weighted by atomic mass is 10.1. The molecule has 1 aromatic carbocycles. The molecule has 0 radical (unpaired) electrons. The van der Waals surface area contributed by atoms with Gasteiger partial charge in [0.05, 0.1) is 19.2 Å². The van der Waals surface area contributed by atoms with Gasteiger partial charge in [0.1, 0.15) is 5.76 Å². The van der Waals surface area contributed by atoms with Crippen LogP contribution in [0.1, 0.15) is 17.2 Å². The Morgan fingerprint density at radius 1 is 1.38 bits per heavy atom. The minimum Gasteiger partial charge on any atom is -0.444 e. The number of nitrogens with zero attached hydrogens (tertiary/aromatic N) is 1. The first-order valence-corrected chi connectivity index (χ1v) is 5.49. The first-order valence-electron chi connectivity index (χ1n) is 5.11. The molecule has 3 nitrogen and oxygen atoms in total. The summed E-state index contributed by atoms with van der Waals surface area (Å²) >= 11 is 6.06. The molecule has 0 atom stereocenters. The molecule has 0 aliphatic heterocycles. The van der Waals surface area contributed by atoms with E-state index in [4.69, 9.17) is 16.0 Å². The van der Waals surface area contributed by atoms with Gasteiger partial charge in [-0.1, -0.05) is 29.8 Å². The number of aromatic nitrogens is 1. The fourth-order valence-electron chi connectivity index (χ4n) is 1.49. The quantitative estimate of drug-likeness (QED) is 0.887. The molecule has 1 aromatic heterocycles. The third-order valence-corrected chi connectivity index (χ3v) is 2.62. The van der Waals surface area contributed by atoms with E-state index >= 15 is 0 Å². The summed E-state index contributed by atoms with van der Waals surface area (Å²) in [6.45, 7) is 0.690. The average Bonchev–Trinajstić information content (AvgIpc) is 2.70. The smallest absolute Gasteiger partial charge is 0.198 e. The first kappa shape index (κ1) is 11.2. The van der Waals surface area contributed by atoms with E-state index in [0.29, 0.717) is 18.9 Å². The van der Waals surface area contributed by atoms with Gasteiger partial charge in [-0.2, -0.15) is 0 Å². The largest absolute Gasteiger partial charge is 0.444 e. The summed E-state index contributed by atoms with van der Waals surface area (Å²) in [6, 6.07) is 7.71. The van der Waals surface area contributed by atoms with E-state index in [2.05, 4.69) is 10.3 Å². The monoisotopic (exact) mass is 236 g/mol. The zero-order valence-corrected chi connectivity index (χ0v) is 9.79. The van der Waals surface area contributed by atoms with Gasteiger partial charge in [-0.3, -0.25) is 0 Å². The lowest BCUT2D eigenvalue weighted by molar-refractivity contribution is 0.454. The summed E-state index contributed by atoms with van der Waals surface area (Å²) in [5.74, 6) is 1.53. The maximum atomic E-state index is 6.06. The summed E-state index contributed by atoms with van der Waals surface area (Å²) in [6.07, 6.45) is 2.37. The molecule has 0 aliphatic rings. The molecule has 84 valence electrons. The zero-order chi connectivity index (χ0) is 11.4. The minimum absolute atomic E-state index is 0.628.